The number of rotatable bonds is 2. The second kappa shape index (κ2) is 3.73. The molecule has 0 aliphatic rings. The molecule has 2 nitrogen and oxygen atoms in total. The number of halogens is 1. The summed E-state index contributed by atoms with van der Waals surface area (Å²) in [6.07, 6.45) is 5.04. The number of fused-ring (bicyclic) bond motifs is 1. The van der Waals surface area contributed by atoms with Crippen molar-refractivity contribution in [2.75, 3.05) is 0 Å². The molecule has 2 aromatic rings. The van der Waals surface area contributed by atoms with Crippen LogP contribution < -0.4 is 0 Å². The third kappa shape index (κ3) is 1.57. The van der Waals surface area contributed by atoms with Crippen LogP contribution in [0.2, 0.25) is 0 Å². The van der Waals surface area contributed by atoms with Crippen molar-refractivity contribution in [3.8, 4) is 0 Å². The summed E-state index contributed by atoms with van der Waals surface area (Å²) in [6, 6.07) is 2.13. The van der Waals surface area contributed by atoms with Crippen molar-refractivity contribution < 1.29 is 0 Å². The van der Waals surface area contributed by atoms with Gasteiger partial charge in [0.1, 0.15) is 5.65 Å². The van der Waals surface area contributed by atoms with Crippen LogP contribution in [0.1, 0.15) is 31.7 Å². The highest BCUT2D eigenvalue weighted by molar-refractivity contribution is 9.10. The van der Waals surface area contributed by atoms with Gasteiger partial charge in [-0.05, 0) is 39.9 Å². The summed E-state index contributed by atoms with van der Waals surface area (Å²) in [5.74, 6) is 0.583. The molecule has 0 aromatic carbocycles. The van der Waals surface area contributed by atoms with Crippen LogP contribution in [-0.2, 0) is 0 Å². The molecule has 0 radical (unpaired) electrons. The molecule has 2 heterocycles. The molecule has 3 heteroatoms. The largest absolute Gasteiger partial charge is 0.346 e. The van der Waals surface area contributed by atoms with Gasteiger partial charge in [0.25, 0.3) is 0 Å². The van der Waals surface area contributed by atoms with Crippen LogP contribution in [0, 0.1) is 0 Å². The summed E-state index contributed by atoms with van der Waals surface area (Å²) < 4.78 is 1.04. The molecule has 0 fully saturated rings. The van der Waals surface area contributed by atoms with Crippen molar-refractivity contribution in [3.63, 3.8) is 0 Å². The predicted octanol–water partition coefficient (Wildman–Crippen LogP) is 3.84. The molecule has 74 valence electrons. The van der Waals surface area contributed by atoms with Crippen molar-refractivity contribution >= 4 is 27.0 Å². The number of aromatic amines is 1. The minimum absolute atomic E-state index is 0.583. The second-order valence-corrected chi connectivity index (χ2v) is 4.52. The van der Waals surface area contributed by atoms with E-state index in [0.29, 0.717) is 5.92 Å². The average molecular weight is 253 g/mol. The lowest BCUT2D eigenvalue weighted by Gasteiger charge is -2.05. The molecule has 2 rings (SSSR count). The number of hydrogen-bond acceptors (Lipinski definition) is 1. The highest BCUT2D eigenvalue weighted by Gasteiger charge is 2.10. The minimum atomic E-state index is 0.583. The SMILES string of the molecule is CCC(C)c1c[nH]c2ncc(Br)cc12. The van der Waals surface area contributed by atoms with Gasteiger partial charge >= 0.3 is 0 Å². The number of aromatic nitrogens is 2. The zero-order valence-corrected chi connectivity index (χ0v) is 9.93. The lowest BCUT2D eigenvalue weighted by atomic mass is 9.99. The Kier molecular flexibility index (Phi) is 2.59. The van der Waals surface area contributed by atoms with Crippen molar-refractivity contribution in [1.29, 1.82) is 0 Å². The standard InChI is InChI=1S/C11H13BrN2/c1-3-7(2)10-6-14-11-9(10)4-8(12)5-13-11/h4-7H,3H2,1-2H3,(H,13,14). The Labute approximate surface area is 91.9 Å². The van der Waals surface area contributed by atoms with Crippen molar-refractivity contribution in [2.24, 2.45) is 0 Å². The molecule has 0 spiro atoms. The fourth-order valence-electron chi connectivity index (χ4n) is 1.63. The first-order chi connectivity index (χ1) is 6.72. The number of nitrogens with one attached hydrogen (secondary N) is 1. The molecular formula is C11H13BrN2. The lowest BCUT2D eigenvalue weighted by Crippen LogP contribution is -1.88. The van der Waals surface area contributed by atoms with Gasteiger partial charge in [0.2, 0.25) is 0 Å². The van der Waals surface area contributed by atoms with Gasteiger partial charge in [-0.2, -0.15) is 0 Å². The van der Waals surface area contributed by atoms with Crippen LogP contribution in [0.25, 0.3) is 11.0 Å². The topological polar surface area (TPSA) is 28.7 Å². The van der Waals surface area contributed by atoms with Crippen LogP contribution >= 0.6 is 15.9 Å². The van der Waals surface area contributed by atoms with Gasteiger partial charge in [0, 0.05) is 22.3 Å². The highest BCUT2D eigenvalue weighted by Crippen LogP contribution is 2.27. The van der Waals surface area contributed by atoms with E-state index in [0.717, 1.165) is 16.5 Å². The Hall–Kier alpha value is -0.830. The molecule has 0 amide bonds. The van der Waals surface area contributed by atoms with Gasteiger partial charge in [-0.25, -0.2) is 4.98 Å². The summed E-state index contributed by atoms with van der Waals surface area (Å²) >= 11 is 3.45. The van der Waals surface area contributed by atoms with E-state index in [1.165, 1.54) is 10.9 Å². The Bertz CT molecular complexity index is 447. The van der Waals surface area contributed by atoms with Crippen LogP contribution in [0.4, 0.5) is 0 Å². The Morgan fingerprint density at radius 2 is 2.36 bits per heavy atom. The molecule has 0 saturated carbocycles. The summed E-state index contributed by atoms with van der Waals surface area (Å²) in [5, 5.41) is 1.23. The monoisotopic (exact) mass is 252 g/mol. The smallest absolute Gasteiger partial charge is 0.137 e. The molecule has 0 bridgehead atoms. The first kappa shape index (κ1) is 9.71. The molecule has 0 saturated heterocycles. The average Bonchev–Trinajstić information content (AvgIpc) is 2.59. The third-order valence-electron chi connectivity index (χ3n) is 2.67. The minimum Gasteiger partial charge on any atom is -0.346 e. The highest BCUT2D eigenvalue weighted by atomic mass is 79.9. The predicted molar refractivity (Wildman–Crippen MR) is 62.5 cm³/mol. The first-order valence-corrected chi connectivity index (χ1v) is 5.64. The maximum absolute atomic E-state index is 4.32. The van der Waals surface area contributed by atoms with E-state index in [1.54, 1.807) is 0 Å². The first-order valence-electron chi connectivity index (χ1n) is 4.85. The van der Waals surface area contributed by atoms with E-state index >= 15 is 0 Å². The van der Waals surface area contributed by atoms with E-state index < -0.39 is 0 Å². The van der Waals surface area contributed by atoms with Crippen LogP contribution in [-0.4, -0.2) is 9.97 Å². The number of H-pyrrole nitrogens is 1. The molecule has 2 aromatic heterocycles. The Morgan fingerprint density at radius 3 is 3.07 bits per heavy atom. The van der Waals surface area contributed by atoms with E-state index in [2.05, 4.69) is 52.0 Å². The maximum atomic E-state index is 4.32. The number of nitrogens with zero attached hydrogens (tertiary/aromatic N) is 1. The Morgan fingerprint density at radius 1 is 1.57 bits per heavy atom. The van der Waals surface area contributed by atoms with Crippen LogP contribution in [0.15, 0.2) is 22.9 Å². The molecule has 0 aliphatic heterocycles. The van der Waals surface area contributed by atoms with Gasteiger partial charge in [-0.15, -0.1) is 0 Å². The quantitative estimate of drug-likeness (QED) is 0.865. The van der Waals surface area contributed by atoms with Crippen LogP contribution in [0.5, 0.6) is 0 Å². The van der Waals surface area contributed by atoms with Crippen molar-refractivity contribution in [2.45, 2.75) is 26.2 Å². The molecule has 1 atom stereocenters. The van der Waals surface area contributed by atoms with Gasteiger partial charge in [-0.1, -0.05) is 13.8 Å². The summed E-state index contributed by atoms with van der Waals surface area (Å²) in [7, 11) is 0. The summed E-state index contributed by atoms with van der Waals surface area (Å²) in [5.41, 5.74) is 2.33. The summed E-state index contributed by atoms with van der Waals surface area (Å²) in [6.45, 7) is 4.44. The van der Waals surface area contributed by atoms with Crippen molar-refractivity contribution in [3.05, 3.63) is 28.5 Å². The van der Waals surface area contributed by atoms with E-state index in [-0.39, 0.29) is 0 Å². The molecule has 0 aliphatic carbocycles. The molecule has 1 N–H and O–H groups in total. The Balaban J connectivity index is 2.61. The molecular weight excluding hydrogens is 240 g/mol. The van der Waals surface area contributed by atoms with Crippen molar-refractivity contribution in [1.82, 2.24) is 9.97 Å². The summed E-state index contributed by atoms with van der Waals surface area (Å²) in [4.78, 5) is 7.51. The maximum Gasteiger partial charge on any atom is 0.137 e. The van der Waals surface area contributed by atoms with Gasteiger partial charge in [0.05, 0.1) is 0 Å². The van der Waals surface area contributed by atoms with Gasteiger partial charge in [-0.3, -0.25) is 0 Å². The zero-order valence-electron chi connectivity index (χ0n) is 8.34. The van der Waals surface area contributed by atoms with E-state index in [1.807, 2.05) is 6.20 Å². The molecule has 1 unspecified atom stereocenters. The fraction of sp³-hybridized carbons (Fsp3) is 0.364. The normalized spacial score (nSPS) is 13.4. The molecule has 14 heavy (non-hydrogen) atoms. The second-order valence-electron chi connectivity index (χ2n) is 3.60. The third-order valence-corrected chi connectivity index (χ3v) is 3.11. The van der Waals surface area contributed by atoms with E-state index in [4.69, 9.17) is 0 Å². The number of pyridine rings is 1. The van der Waals surface area contributed by atoms with Gasteiger partial charge < -0.3 is 4.98 Å². The lowest BCUT2D eigenvalue weighted by molar-refractivity contribution is 0.739. The van der Waals surface area contributed by atoms with Crippen LogP contribution in [0.3, 0.4) is 0 Å². The zero-order chi connectivity index (χ0) is 10.1. The van der Waals surface area contributed by atoms with Gasteiger partial charge in [0.15, 0.2) is 0 Å². The fourth-order valence-corrected chi connectivity index (χ4v) is 1.96. The number of hydrogen-bond donors (Lipinski definition) is 1. The van der Waals surface area contributed by atoms with E-state index in [9.17, 15) is 0 Å².